The van der Waals surface area contributed by atoms with Crippen LogP contribution in [0, 0.1) is 0 Å². The lowest BCUT2D eigenvalue weighted by Crippen LogP contribution is -2.26. The Kier molecular flexibility index (Phi) is 1.85. The van der Waals surface area contributed by atoms with Gasteiger partial charge in [0.25, 0.3) is 0 Å². The van der Waals surface area contributed by atoms with E-state index in [1.807, 2.05) is 12.3 Å². The SMILES string of the molecule is N[C@@H]1CCN(c2cnc3[nH]ccc3n2)C1. The Morgan fingerprint density at radius 2 is 2.47 bits per heavy atom. The van der Waals surface area contributed by atoms with Gasteiger partial charge in [-0.2, -0.15) is 0 Å². The first kappa shape index (κ1) is 8.67. The molecule has 5 heteroatoms. The van der Waals surface area contributed by atoms with Crippen molar-refractivity contribution in [3.8, 4) is 0 Å². The Hall–Kier alpha value is -1.62. The third-order valence-corrected chi connectivity index (χ3v) is 2.80. The van der Waals surface area contributed by atoms with Gasteiger partial charge in [0.05, 0.1) is 6.20 Å². The quantitative estimate of drug-likeness (QED) is 0.707. The molecule has 0 radical (unpaired) electrons. The fourth-order valence-electron chi connectivity index (χ4n) is 1.97. The molecule has 1 fully saturated rings. The van der Waals surface area contributed by atoms with E-state index in [-0.39, 0.29) is 6.04 Å². The summed E-state index contributed by atoms with van der Waals surface area (Å²) in [4.78, 5) is 14.1. The van der Waals surface area contributed by atoms with Crippen LogP contribution >= 0.6 is 0 Å². The molecule has 0 saturated carbocycles. The maximum Gasteiger partial charge on any atom is 0.156 e. The van der Waals surface area contributed by atoms with Crippen LogP contribution < -0.4 is 10.6 Å². The Bertz CT molecular complexity index is 477. The van der Waals surface area contributed by atoms with E-state index in [1.54, 1.807) is 6.20 Å². The van der Waals surface area contributed by atoms with Gasteiger partial charge in [-0.3, -0.25) is 0 Å². The molecule has 0 aromatic carbocycles. The summed E-state index contributed by atoms with van der Waals surface area (Å²) < 4.78 is 0. The van der Waals surface area contributed by atoms with E-state index in [4.69, 9.17) is 5.73 Å². The normalized spacial score (nSPS) is 21.4. The average Bonchev–Trinajstić information content (AvgIpc) is 2.84. The largest absolute Gasteiger partial charge is 0.354 e. The second kappa shape index (κ2) is 3.20. The molecule has 1 atom stereocenters. The number of rotatable bonds is 1. The molecule has 0 amide bonds. The van der Waals surface area contributed by atoms with Gasteiger partial charge in [-0.1, -0.05) is 0 Å². The van der Waals surface area contributed by atoms with Crippen LogP contribution in [0.2, 0.25) is 0 Å². The molecule has 3 rings (SSSR count). The lowest BCUT2D eigenvalue weighted by molar-refractivity contribution is 0.751. The van der Waals surface area contributed by atoms with Crippen molar-refractivity contribution in [1.29, 1.82) is 0 Å². The predicted molar refractivity (Wildman–Crippen MR) is 58.7 cm³/mol. The fourth-order valence-corrected chi connectivity index (χ4v) is 1.97. The summed E-state index contributed by atoms with van der Waals surface area (Å²) in [6.45, 7) is 1.86. The molecule has 0 aliphatic carbocycles. The molecule has 1 aliphatic rings. The van der Waals surface area contributed by atoms with E-state index in [2.05, 4.69) is 19.9 Å². The monoisotopic (exact) mass is 203 g/mol. The molecule has 2 aromatic rings. The van der Waals surface area contributed by atoms with E-state index in [0.717, 1.165) is 36.5 Å². The van der Waals surface area contributed by atoms with Crippen LogP contribution in [0.5, 0.6) is 0 Å². The van der Waals surface area contributed by atoms with Crippen molar-refractivity contribution in [2.24, 2.45) is 5.73 Å². The highest BCUT2D eigenvalue weighted by molar-refractivity contribution is 5.72. The first-order valence-electron chi connectivity index (χ1n) is 5.13. The summed E-state index contributed by atoms with van der Waals surface area (Å²) in [7, 11) is 0. The van der Waals surface area contributed by atoms with Gasteiger partial charge in [0.1, 0.15) is 11.3 Å². The van der Waals surface area contributed by atoms with Crippen molar-refractivity contribution in [1.82, 2.24) is 15.0 Å². The zero-order valence-corrected chi connectivity index (χ0v) is 8.35. The fraction of sp³-hybridized carbons (Fsp3) is 0.400. The number of hydrogen-bond acceptors (Lipinski definition) is 4. The van der Waals surface area contributed by atoms with Gasteiger partial charge in [0, 0.05) is 25.3 Å². The van der Waals surface area contributed by atoms with Crippen LogP contribution in [0.1, 0.15) is 6.42 Å². The lowest BCUT2D eigenvalue weighted by atomic mass is 10.3. The third kappa shape index (κ3) is 1.45. The molecule has 1 saturated heterocycles. The summed E-state index contributed by atoms with van der Waals surface area (Å²) in [6.07, 6.45) is 4.69. The second-order valence-corrected chi connectivity index (χ2v) is 3.93. The molecule has 0 bridgehead atoms. The van der Waals surface area contributed by atoms with Gasteiger partial charge >= 0.3 is 0 Å². The smallest absolute Gasteiger partial charge is 0.156 e. The minimum atomic E-state index is 0.272. The first-order valence-corrected chi connectivity index (χ1v) is 5.13. The minimum Gasteiger partial charge on any atom is -0.354 e. The molecule has 78 valence electrons. The number of fused-ring (bicyclic) bond motifs is 1. The lowest BCUT2D eigenvalue weighted by Gasteiger charge is -2.15. The molecule has 3 N–H and O–H groups in total. The number of hydrogen-bond donors (Lipinski definition) is 2. The number of nitrogens with one attached hydrogen (secondary N) is 1. The summed E-state index contributed by atoms with van der Waals surface area (Å²) in [5.41, 5.74) is 7.60. The number of aromatic amines is 1. The number of anilines is 1. The van der Waals surface area contributed by atoms with Crippen LogP contribution in [0.3, 0.4) is 0 Å². The number of H-pyrrole nitrogens is 1. The van der Waals surface area contributed by atoms with Crippen molar-refractivity contribution in [2.75, 3.05) is 18.0 Å². The van der Waals surface area contributed by atoms with Crippen molar-refractivity contribution >= 4 is 17.0 Å². The summed E-state index contributed by atoms with van der Waals surface area (Å²) in [5.74, 6) is 0.926. The molecule has 15 heavy (non-hydrogen) atoms. The second-order valence-electron chi connectivity index (χ2n) is 3.93. The van der Waals surface area contributed by atoms with Crippen LogP contribution in [0.4, 0.5) is 5.82 Å². The van der Waals surface area contributed by atoms with Crippen molar-refractivity contribution < 1.29 is 0 Å². The number of aromatic nitrogens is 3. The van der Waals surface area contributed by atoms with Gasteiger partial charge < -0.3 is 15.6 Å². The molecule has 0 unspecified atom stereocenters. The maximum absolute atomic E-state index is 5.86. The predicted octanol–water partition coefficient (Wildman–Crippen LogP) is 0.495. The van der Waals surface area contributed by atoms with E-state index >= 15 is 0 Å². The van der Waals surface area contributed by atoms with Crippen LogP contribution in [0.15, 0.2) is 18.5 Å². The summed E-state index contributed by atoms with van der Waals surface area (Å²) in [5, 5.41) is 0. The molecule has 1 aliphatic heterocycles. The molecule has 0 spiro atoms. The molecule has 5 nitrogen and oxygen atoms in total. The molecular weight excluding hydrogens is 190 g/mol. The van der Waals surface area contributed by atoms with Gasteiger partial charge in [-0.15, -0.1) is 0 Å². The average molecular weight is 203 g/mol. The highest BCUT2D eigenvalue weighted by atomic mass is 15.2. The van der Waals surface area contributed by atoms with Gasteiger partial charge in [0.15, 0.2) is 5.65 Å². The van der Waals surface area contributed by atoms with Gasteiger partial charge in [-0.25, -0.2) is 9.97 Å². The maximum atomic E-state index is 5.86. The van der Waals surface area contributed by atoms with Gasteiger partial charge in [-0.05, 0) is 12.5 Å². The summed E-state index contributed by atoms with van der Waals surface area (Å²) >= 11 is 0. The van der Waals surface area contributed by atoms with E-state index in [0.29, 0.717) is 0 Å². The van der Waals surface area contributed by atoms with Gasteiger partial charge in [0.2, 0.25) is 0 Å². The highest BCUT2D eigenvalue weighted by Crippen LogP contribution is 2.18. The van der Waals surface area contributed by atoms with E-state index in [9.17, 15) is 0 Å². The Balaban J connectivity index is 1.97. The van der Waals surface area contributed by atoms with Crippen LogP contribution in [-0.4, -0.2) is 34.1 Å². The molecule has 2 aromatic heterocycles. The first-order chi connectivity index (χ1) is 7.33. The zero-order chi connectivity index (χ0) is 10.3. The summed E-state index contributed by atoms with van der Waals surface area (Å²) in [6, 6.07) is 2.20. The number of nitrogens with two attached hydrogens (primary N) is 1. The standard InChI is InChI=1S/C10H13N5/c11-7-2-4-15(6-7)9-5-13-10-8(14-9)1-3-12-10/h1,3,5,7H,2,4,6,11H2,(H,12,13)/t7-/m1/s1. The highest BCUT2D eigenvalue weighted by Gasteiger charge is 2.20. The zero-order valence-electron chi connectivity index (χ0n) is 8.35. The van der Waals surface area contributed by atoms with E-state index < -0.39 is 0 Å². The van der Waals surface area contributed by atoms with Crippen molar-refractivity contribution in [3.05, 3.63) is 18.5 Å². The Morgan fingerprint density at radius 3 is 3.27 bits per heavy atom. The number of nitrogens with zero attached hydrogens (tertiary/aromatic N) is 3. The van der Waals surface area contributed by atoms with Crippen molar-refractivity contribution in [2.45, 2.75) is 12.5 Å². The molecular formula is C10H13N5. The molecule has 3 heterocycles. The minimum absolute atomic E-state index is 0.272. The topological polar surface area (TPSA) is 70.8 Å². The third-order valence-electron chi connectivity index (χ3n) is 2.80. The van der Waals surface area contributed by atoms with Crippen LogP contribution in [-0.2, 0) is 0 Å². The Morgan fingerprint density at radius 1 is 1.53 bits per heavy atom. The van der Waals surface area contributed by atoms with Crippen LogP contribution in [0.25, 0.3) is 11.2 Å². The Labute approximate surface area is 87.3 Å². The van der Waals surface area contributed by atoms with Crippen molar-refractivity contribution in [3.63, 3.8) is 0 Å². The van der Waals surface area contributed by atoms with E-state index in [1.165, 1.54) is 0 Å².